The van der Waals surface area contributed by atoms with E-state index < -0.39 is 18.1 Å². The summed E-state index contributed by atoms with van der Waals surface area (Å²) in [4.78, 5) is 54.4. The first-order chi connectivity index (χ1) is 21.9. The maximum absolute atomic E-state index is 13.4. The van der Waals surface area contributed by atoms with E-state index in [2.05, 4.69) is 15.6 Å². The zero-order chi connectivity index (χ0) is 32.0. The van der Waals surface area contributed by atoms with E-state index in [1.165, 1.54) is 4.90 Å². The van der Waals surface area contributed by atoms with Crippen molar-refractivity contribution < 1.29 is 38.5 Å². The van der Waals surface area contributed by atoms with Crippen molar-refractivity contribution in [1.29, 1.82) is 0 Å². The highest BCUT2D eigenvalue weighted by Gasteiger charge is 2.30. The zero-order valence-corrected chi connectivity index (χ0v) is 25.2. The Morgan fingerprint density at radius 2 is 1.93 bits per heavy atom. The molecule has 3 heterocycles. The van der Waals surface area contributed by atoms with E-state index in [1.807, 2.05) is 59.3 Å². The summed E-state index contributed by atoms with van der Waals surface area (Å²) in [7, 11) is 1.58. The van der Waals surface area contributed by atoms with E-state index in [4.69, 9.17) is 24.1 Å². The van der Waals surface area contributed by atoms with Gasteiger partial charge < -0.3 is 39.4 Å². The number of carboxylic acid groups (broad SMARTS) is 1. The van der Waals surface area contributed by atoms with Crippen LogP contribution in [0.25, 0.3) is 11.4 Å². The summed E-state index contributed by atoms with van der Waals surface area (Å²) in [5.74, 6) is 0.915. The van der Waals surface area contributed by atoms with Gasteiger partial charge in [0.15, 0.2) is 11.5 Å². The molecule has 5 rings (SSSR count). The number of imidazole rings is 1. The molecule has 1 fully saturated rings. The maximum Gasteiger partial charge on any atom is 0.290 e. The molecule has 2 aliphatic rings. The highest BCUT2D eigenvalue weighted by Crippen LogP contribution is 2.32. The van der Waals surface area contributed by atoms with Crippen LogP contribution in [0.5, 0.6) is 11.5 Å². The fourth-order valence-electron chi connectivity index (χ4n) is 5.25. The summed E-state index contributed by atoms with van der Waals surface area (Å²) in [6.45, 7) is 1.46. The van der Waals surface area contributed by atoms with Crippen molar-refractivity contribution in [2.75, 3.05) is 40.0 Å². The molecule has 0 aliphatic carbocycles. The smallest absolute Gasteiger partial charge is 0.290 e. The summed E-state index contributed by atoms with van der Waals surface area (Å²) in [6, 6.07) is 14.3. The lowest BCUT2D eigenvalue weighted by Crippen LogP contribution is -2.52. The van der Waals surface area contributed by atoms with Gasteiger partial charge in [0.25, 0.3) is 12.4 Å². The lowest BCUT2D eigenvalue weighted by atomic mass is 10.1. The lowest BCUT2D eigenvalue weighted by Gasteiger charge is -2.26. The van der Waals surface area contributed by atoms with Crippen LogP contribution in [0.4, 0.5) is 0 Å². The number of rotatable bonds is 4. The second kappa shape index (κ2) is 16.8. The van der Waals surface area contributed by atoms with E-state index in [1.54, 1.807) is 13.3 Å². The normalized spacial score (nSPS) is 19.3. The second-order valence-corrected chi connectivity index (χ2v) is 10.5. The third kappa shape index (κ3) is 9.29. The predicted molar refractivity (Wildman–Crippen MR) is 164 cm³/mol. The molecule has 2 aliphatic heterocycles. The first kappa shape index (κ1) is 33.0. The number of fused-ring (bicyclic) bond motifs is 4. The molecule has 3 amide bonds. The van der Waals surface area contributed by atoms with Crippen LogP contribution in [0, 0.1) is 0 Å². The zero-order valence-electron chi connectivity index (χ0n) is 25.2. The lowest BCUT2D eigenvalue weighted by molar-refractivity contribution is -0.144. The second-order valence-electron chi connectivity index (χ2n) is 10.5. The van der Waals surface area contributed by atoms with Gasteiger partial charge >= 0.3 is 0 Å². The van der Waals surface area contributed by atoms with Crippen molar-refractivity contribution in [3.63, 3.8) is 0 Å². The molecule has 0 saturated carbocycles. The van der Waals surface area contributed by atoms with Gasteiger partial charge in [-0.1, -0.05) is 30.3 Å². The monoisotopic (exact) mass is 621 g/mol. The van der Waals surface area contributed by atoms with E-state index >= 15 is 0 Å². The summed E-state index contributed by atoms with van der Waals surface area (Å²) < 4.78 is 19.2. The molecular formula is C32H39N5O8. The molecular weight excluding hydrogens is 582 g/mol. The number of aromatic nitrogens is 2. The first-order valence-electron chi connectivity index (χ1n) is 14.8. The molecule has 0 unspecified atom stereocenters. The Labute approximate surface area is 261 Å². The standard InChI is InChI=1S/C31H37N5O6.CH2O2/c1-40-25-11-10-23-20-27(25)42-18-6-14-36(31(39)26-9-5-17-41-26)21-28(37)34-24(19-22-7-3-2-4-8-22)30(38)33-13-16-35-15-12-32-29(23)35;2-1-3/h2-4,7-8,10-12,15,20,24,26H,5-6,9,13-14,16-19,21H2,1H3,(H,33,38)(H,34,37);1H,(H,2,3)/t24-,26+;/m0./s1. The van der Waals surface area contributed by atoms with Crippen LogP contribution in [-0.2, 0) is 36.9 Å². The van der Waals surface area contributed by atoms with Crippen molar-refractivity contribution in [3.8, 4) is 22.9 Å². The van der Waals surface area contributed by atoms with Gasteiger partial charge in [0, 0.05) is 50.6 Å². The molecule has 2 bridgehead atoms. The quantitative estimate of drug-likeness (QED) is 0.370. The Balaban J connectivity index is 0.00000148. The van der Waals surface area contributed by atoms with Gasteiger partial charge in [-0.2, -0.15) is 0 Å². The van der Waals surface area contributed by atoms with E-state index in [0.717, 1.165) is 23.4 Å². The minimum Gasteiger partial charge on any atom is -0.493 e. The average molecular weight is 622 g/mol. The minimum atomic E-state index is -0.812. The molecule has 3 N–H and O–H groups in total. The summed E-state index contributed by atoms with van der Waals surface area (Å²) in [5.41, 5.74) is 1.75. The third-order valence-electron chi connectivity index (χ3n) is 7.40. The van der Waals surface area contributed by atoms with E-state index in [-0.39, 0.29) is 31.4 Å². The number of nitrogens with zero attached hydrogens (tertiary/aromatic N) is 3. The van der Waals surface area contributed by atoms with Crippen molar-refractivity contribution in [1.82, 2.24) is 25.1 Å². The van der Waals surface area contributed by atoms with Crippen LogP contribution in [0.3, 0.4) is 0 Å². The number of carbonyl (C=O) groups excluding carboxylic acids is 3. The fraction of sp³-hybridized carbons (Fsp3) is 0.406. The molecule has 2 aromatic carbocycles. The summed E-state index contributed by atoms with van der Waals surface area (Å²) in [6.07, 6.45) is 5.20. The Kier molecular flexibility index (Phi) is 12.3. The van der Waals surface area contributed by atoms with Gasteiger partial charge in [0.05, 0.1) is 20.3 Å². The highest BCUT2D eigenvalue weighted by atomic mass is 16.5. The predicted octanol–water partition coefficient (Wildman–Crippen LogP) is 1.89. The molecule has 3 aromatic rings. The molecule has 1 saturated heterocycles. The topological polar surface area (TPSA) is 161 Å². The molecule has 13 heteroatoms. The van der Waals surface area contributed by atoms with Gasteiger partial charge in [0.2, 0.25) is 11.8 Å². The Morgan fingerprint density at radius 1 is 1.13 bits per heavy atom. The number of hydrogen-bond acceptors (Lipinski definition) is 8. The molecule has 240 valence electrons. The van der Waals surface area contributed by atoms with Crippen LogP contribution < -0.4 is 20.1 Å². The van der Waals surface area contributed by atoms with Gasteiger partial charge in [-0.3, -0.25) is 19.2 Å². The number of methoxy groups -OCH3 is 1. The van der Waals surface area contributed by atoms with Crippen LogP contribution in [-0.4, -0.2) is 95.9 Å². The minimum absolute atomic E-state index is 0.186. The molecule has 45 heavy (non-hydrogen) atoms. The number of benzene rings is 2. The van der Waals surface area contributed by atoms with Crippen molar-refractivity contribution >= 4 is 24.2 Å². The molecule has 2 atom stereocenters. The Morgan fingerprint density at radius 3 is 2.67 bits per heavy atom. The average Bonchev–Trinajstić information content (AvgIpc) is 3.75. The molecule has 0 radical (unpaired) electrons. The van der Waals surface area contributed by atoms with E-state index in [0.29, 0.717) is 57.1 Å². The number of hydrogen-bond donors (Lipinski definition) is 3. The Bertz CT molecular complexity index is 1420. The van der Waals surface area contributed by atoms with Crippen LogP contribution in [0.15, 0.2) is 60.9 Å². The van der Waals surface area contributed by atoms with Crippen molar-refractivity contribution in [2.45, 2.75) is 44.4 Å². The largest absolute Gasteiger partial charge is 0.493 e. The third-order valence-corrected chi connectivity index (χ3v) is 7.40. The Hall–Kier alpha value is -4.91. The fourth-order valence-corrected chi connectivity index (χ4v) is 5.25. The van der Waals surface area contributed by atoms with Crippen LogP contribution in [0.2, 0.25) is 0 Å². The van der Waals surface area contributed by atoms with Crippen molar-refractivity contribution in [2.24, 2.45) is 0 Å². The van der Waals surface area contributed by atoms with Gasteiger partial charge in [-0.25, -0.2) is 4.98 Å². The van der Waals surface area contributed by atoms with Crippen LogP contribution in [0.1, 0.15) is 24.8 Å². The molecule has 1 aromatic heterocycles. The van der Waals surface area contributed by atoms with Crippen LogP contribution >= 0.6 is 0 Å². The van der Waals surface area contributed by atoms with Gasteiger partial charge in [0.1, 0.15) is 18.0 Å². The van der Waals surface area contributed by atoms with Crippen molar-refractivity contribution in [3.05, 3.63) is 66.5 Å². The number of amides is 3. The van der Waals surface area contributed by atoms with E-state index in [9.17, 15) is 14.4 Å². The van der Waals surface area contributed by atoms with Gasteiger partial charge in [-0.15, -0.1) is 0 Å². The first-order valence-corrected chi connectivity index (χ1v) is 14.8. The summed E-state index contributed by atoms with van der Waals surface area (Å²) >= 11 is 0. The maximum atomic E-state index is 13.4. The SMILES string of the molecule is COc1ccc2cc1OCCCN(C(=O)[C@H]1CCCO1)CC(=O)N[C@@H](Cc1ccccc1)C(=O)NCCn1ccnc1-2.O=CO. The van der Waals surface area contributed by atoms with Gasteiger partial charge in [-0.05, 0) is 43.0 Å². The molecule has 13 nitrogen and oxygen atoms in total. The number of carbonyl (C=O) groups is 4. The summed E-state index contributed by atoms with van der Waals surface area (Å²) in [5, 5.41) is 12.7. The number of ether oxygens (including phenoxy) is 3. The molecule has 0 spiro atoms. The highest BCUT2D eigenvalue weighted by molar-refractivity contribution is 5.91. The number of nitrogens with one attached hydrogen (secondary N) is 2.